The summed E-state index contributed by atoms with van der Waals surface area (Å²) >= 11 is 1.79. The molecule has 1 N–H and O–H groups in total. The van der Waals surface area contributed by atoms with E-state index in [1.54, 1.807) is 11.3 Å². The van der Waals surface area contributed by atoms with Crippen LogP contribution in [0.25, 0.3) is 0 Å². The molecule has 0 aliphatic carbocycles. The van der Waals surface area contributed by atoms with Gasteiger partial charge in [-0.1, -0.05) is 6.92 Å². The summed E-state index contributed by atoms with van der Waals surface area (Å²) in [5, 5.41) is 9.01. The van der Waals surface area contributed by atoms with Crippen LogP contribution < -0.4 is 5.32 Å². The molecule has 2 aromatic rings. The lowest BCUT2D eigenvalue weighted by Crippen LogP contribution is -2.18. The van der Waals surface area contributed by atoms with Gasteiger partial charge in [0.25, 0.3) is 0 Å². The third-order valence-electron chi connectivity index (χ3n) is 3.23. The SMILES string of the molecule is CCc1ncc(CNC(C)c2cnn(C)c2C)s1. The molecule has 0 aliphatic heterocycles. The van der Waals surface area contributed by atoms with E-state index in [-0.39, 0.29) is 0 Å². The van der Waals surface area contributed by atoms with Crippen molar-refractivity contribution in [2.24, 2.45) is 7.05 Å². The predicted molar refractivity (Wildman–Crippen MR) is 74.7 cm³/mol. The second kappa shape index (κ2) is 5.63. The summed E-state index contributed by atoms with van der Waals surface area (Å²) in [5.41, 5.74) is 2.48. The minimum atomic E-state index is 0.311. The molecule has 0 saturated carbocycles. The van der Waals surface area contributed by atoms with Gasteiger partial charge in [-0.05, 0) is 20.3 Å². The lowest BCUT2D eigenvalue weighted by atomic mass is 10.1. The average Bonchev–Trinajstić information content (AvgIpc) is 2.95. The molecule has 0 fully saturated rings. The predicted octanol–water partition coefficient (Wildman–Crippen LogP) is 2.60. The van der Waals surface area contributed by atoms with Crippen LogP contribution in [0.2, 0.25) is 0 Å². The first kappa shape index (κ1) is 13.2. The molecular weight excluding hydrogens is 244 g/mol. The second-order valence-corrected chi connectivity index (χ2v) is 5.69. The highest BCUT2D eigenvalue weighted by atomic mass is 32.1. The molecule has 0 bridgehead atoms. The summed E-state index contributed by atoms with van der Waals surface area (Å²) < 4.78 is 1.91. The minimum absolute atomic E-state index is 0.311. The Hall–Kier alpha value is -1.20. The summed E-state index contributed by atoms with van der Waals surface area (Å²) in [6.45, 7) is 7.28. The third-order valence-corrected chi connectivity index (χ3v) is 4.37. The van der Waals surface area contributed by atoms with Gasteiger partial charge in [-0.25, -0.2) is 4.98 Å². The molecule has 2 aromatic heterocycles. The molecule has 98 valence electrons. The minimum Gasteiger partial charge on any atom is -0.305 e. The summed E-state index contributed by atoms with van der Waals surface area (Å²) in [6.07, 6.45) is 4.93. The van der Waals surface area contributed by atoms with E-state index < -0.39 is 0 Å². The van der Waals surface area contributed by atoms with E-state index in [9.17, 15) is 0 Å². The molecule has 0 aromatic carbocycles. The lowest BCUT2D eigenvalue weighted by Gasteiger charge is -2.12. The number of hydrogen-bond donors (Lipinski definition) is 1. The molecule has 18 heavy (non-hydrogen) atoms. The van der Waals surface area contributed by atoms with E-state index in [1.807, 2.05) is 24.1 Å². The smallest absolute Gasteiger partial charge is 0.0925 e. The Morgan fingerprint density at radius 2 is 2.22 bits per heavy atom. The van der Waals surface area contributed by atoms with Crippen molar-refractivity contribution in [2.75, 3.05) is 0 Å². The van der Waals surface area contributed by atoms with E-state index in [4.69, 9.17) is 0 Å². The standard InChI is InChI=1S/C13H20N4S/c1-5-13-15-7-11(18-13)6-14-9(2)12-8-16-17(4)10(12)3/h7-9,14H,5-6H2,1-4H3. The fourth-order valence-corrected chi connectivity index (χ4v) is 2.71. The topological polar surface area (TPSA) is 42.7 Å². The van der Waals surface area contributed by atoms with E-state index in [0.717, 1.165) is 13.0 Å². The van der Waals surface area contributed by atoms with Crippen LogP contribution in [-0.4, -0.2) is 14.8 Å². The first-order valence-corrected chi connectivity index (χ1v) is 7.09. The molecule has 1 unspecified atom stereocenters. The zero-order valence-corrected chi connectivity index (χ0v) is 12.2. The van der Waals surface area contributed by atoms with E-state index in [2.05, 4.69) is 36.2 Å². The van der Waals surface area contributed by atoms with Gasteiger partial charge in [0.05, 0.1) is 11.2 Å². The van der Waals surface area contributed by atoms with Gasteiger partial charge in [-0.15, -0.1) is 11.3 Å². The maximum absolute atomic E-state index is 4.37. The van der Waals surface area contributed by atoms with Crippen LogP contribution in [-0.2, 0) is 20.0 Å². The Balaban J connectivity index is 1.95. The van der Waals surface area contributed by atoms with Crippen LogP contribution in [0.4, 0.5) is 0 Å². The number of thiazole rings is 1. The van der Waals surface area contributed by atoms with Crippen LogP contribution in [0.15, 0.2) is 12.4 Å². The first-order chi connectivity index (χ1) is 8.61. The Bertz CT molecular complexity index is 515. The van der Waals surface area contributed by atoms with Crippen molar-refractivity contribution >= 4 is 11.3 Å². The average molecular weight is 264 g/mol. The van der Waals surface area contributed by atoms with E-state index in [0.29, 0.717) is 6.04 Å². The zero-order chi connectivity index (χ0) is 13.1. The van der Waals surface area contributed by atoms with Crippen LogP contribution >= 0.6 is 11.3 Å². The van der Waals surface area contributed by atoms with Gasteiger partial charge >= 0.3 is 0 Å². The van der Waals surface area contributed by atoms with Crippen LogP contribution in [0.1, 0.15) is 41.0 Å². The molecular formula is C13H20N4S. The summed E-state index contributed by atoms with van der Waals surface area (Å²) in [7, 11) is 1.97. The lowest BCUT2D eigenvalue weighted by molar-refractivity contribution is 0.574. The van der Waals surface area contributed by atoms with Crippen LogP contribution in [0, 0.1) is 6.92 Å². The van der Waals surface area contributed by atoms with Crippen molar-refractivity contribution in [1.82, 2.24) is 20.1 Å². The third kappa shape index (κ3) is 2.79. The van der Waals surface area contributed by atoms with Gasteiger partial charge < -0.3 is 5.32 Å². The molecule has 0 spiro atoms. The Morgan fingerprint density at radius 1 is 1.44 bits per heavy atom. The van der Waals surface area contributed by atoms with Crippen molar-refractivity contribution in [2.45, 2.75) is 39.8 Å². The highest BCUT2D eigenvalue weighted by Crippen LogP contribution is 2.18. The number of nitrogens with one attached hydrogen (secondary N) is 1. The quantitative estimate of drug-likeness (QED) is 0.902. The zero-order valence-electron chi connectivity index (χ0n) is 11.4. The van der Waals surface area contributed by atoms with Crippen LogP contribution in [0.5, 0.6) is 0 Å². The summed E-state index contributed by atoms with van der Waals surface area (Å²) in [5.74, 6) is 0. The Morgan fingerprint density at radius 3 is 2.78 bits per heavy atom. The number of aryl methyl sites for hydroxylation is 2. The van der Waals surface area contributed by atoms with Crippen LogP contribution in [0.3, 0.4) is 0 Å². The highest BCUT2D eigenvalue weighted by molar-refractivity contribution is 7.11. The normalized spacial score (nSPS) is 12.9. The first-order valence-electron chi connectivity index (χ1n) is 6.27. The van der Waals surface area contributed by atoms with Crippen molar-refractivity contribution in [3.8, 4) is 0 Å². The maximum atomic E-state index is 4.37. The number of aromatic nitrogens is 3. The van der Waals surface area contributed by atoms with Gasteiger partial charge in [0.1, 0.15) is 0 Å². The maximum Gasteiger partial charge on any atom is 0.0925 e. The Labute approximate surface area is 112 Å². The molecule has 0 saturated heterocycles. The monoisotopic (exact) mass is 264 g/mol. The van der Waals surface area contributed by atoms with E-state index in [1.165, 1.54) is 21.1 Å². The molecule has 0 aliphatic rings. The molecule has 2 rings (SSSR count). The number of rotatable bonds is 5. The molecule has 0 amide bonds. The van der Waals surface area contributed by atoms with Crippen molar-refractivity contribution in [3.63, 3.8) is 0 Å². The molecule has 5 heteroatoms. The summed E-state index contributed by atoms with van der Waals surface area (Å²) in [6, 6.07) is 0.311. The van der Waals surface area contributed by atoms with Gasteiger partial charge in [-0.3, -0.25) is 4.68 Å². The second-order valence-electron chi connectivity index (χ2n) is 4.49. The van der Waals surface area contributed by atoms with Gasteiger partial charge in [0.15, 0.2) is 0 Å². The summed E-state index contributed by atoms with van der Waals surface area (Å²) in [4.78, 5) is 5.66. The molecule has 2 heterocycles. The Kier molecular flexibility index (Phi) is 4.14. The van der Waals surface area contributed by atoms with Crippen molar-refractivity contribution < 1.29 is 0 Å². The van der Waals surface area contributed by atoms with Crippen molar-refractivity contribution in [1.29, 1.82) is 0 Å². The van der Waals surface area contributed by atoms with Crippen molar-refractivity contribution in [3.05, 3.63) is 33.5 Å². The molecule has 1 atom stereocenters. The molecule has 4 nitrogen and oxygen atoms in total. The largest absolute Gasteiger partial charge is 0.305 e. The fourth-order valence-electron chi connectivity index (χ4n) is 1.90. The van der Waals surface area contributed by atoms with Gasteiger partial charge in [0, 0.05) is 42.0 Å². The molecule has 0 radical (unpaired) electrons. The number of nitrogens with zero attached hydrogens (tertiary/aromatic N) is 3. The van der Waals surface area contributed by atoms with Gasteiger partial charge in [0.2, 0.25) is 0 Å². The van der Waals surface area contributed by atoms with E-state index >= 15 is 0 Å². The highest BCUT2D eigenvalue weighted by Gasteiger charge is 2.11. The fraction of sp³-hybridized carbons (Fsp3) is 0.538. The number of hydrogen-bond acceptors (Lipinski definition) is 4. The van der Waals surface area contributed by atoms with Gasteiger partial charge in [-0.2, -0.15) is 5.10 Å².